The quantitative estimate of drug-likeness (QED) is 0.223. The Hall–Kier alpha value is -3.63. The standard InChI is InChI=1S/C19H19N5O.C2H4F3N.2H2/c1-13(21-2)6-7-17(20)14-8-9-24-18(12-22-19(24)11-14)15-4-3-5-16(10-15)23-25;3-2(4,5)1-6;;/h3-12,20-21,23,25H,1H2,2H3;1,6H2;2*1H/b7-6-,20-17?;;;. The molecular weight excluding hydrogens is 409 g/mol. The third-order valence-corrected chi connectivity index (χ3v) is 4.12. The molecule has 0 aliphatic rings. The van der Waals surface area contributed by atoms with Gasteiger partial charge in [0.05, 0.1) is 29.8 Å². The zero-order valence-corrected chi connectivity index (χ0v) is 16.7. The fraction of sp³-hybridized carbons (Fsp3) is 0.143. The number of nitrogens with zero attached hydrogens (tertiary/aromatic N) is 2. The number of imidazole rings is 1. The van der Waals surface area contributed by atoms with Crippen LogP contribution in [0.25, 0.3) is 16.9 Å². The summed E-state index contributed by atoms with van der Waals surface area (Å²) in [4.78, 5) is 4.43. The van der Waals surface area contributed by atoms with Crippen molar-refractivity contribution in [2.24, 2.45) is 5.73 Å². The molecule has 2 aromatic heterocycles. The fourth-order valence-corrected chi connectivity index (χ4v) is 2.47. The van der Waals surface area contributed by atoms with Gasteiger partial charge in [-0.2, -0.15) is 13.2 Å². The molecule has 1 aromatic carbocycles. The summed E-state index contributed by atoms with van der Waals surface area (Å²) in [7, 11) is 1.79. The Morgan fingerprint density at radius 3 is 2.65 bits per heavy atom. The number of alkyl halides is 3. The van der Waals surface area contributed by atoms with Gasteiger partial charge in [0.25, 0.3) is 0 Å². The molecule has 0 atom stereocenters. The summed E-state index contributed by atoms with van der Waals surface area (Å²) in [5.74, 6) is 0. The lowest BCUT2D eigenvalue weighted by Crippen LogP contribution is -2.21. The van der Waals surface area contributed by atoms with Crippen LogP contribution in [0.2, 0.25) is 0 Å². The molecule has 0 aliphatic heterocycles. The van der Waals surface area contributed by atoms with Crippen LogP contribution in [0.15, 0.2) is 73.2 Å². The van der Waals surface area contributed by atoms with E-state index in [0.29, 0.717) is 11.4 Å². The zero-order chi connectivity index (χ0) is 23.0. The van der Waals surface area contributed by atoms with E-state index in [-0.39, 0.29) is 2.85 Å². The van der Waals surface area contributed by atoms with Crippen molar-refractivity contribution in [1.82, 2.24) is 14.7 Å². The van der Waals surface area contributed by atoms with E-state index in [1.165, 1.54) is 0 Å². The number of fused-ring (bicyclic) bond motifs is 1. The summed E-state index contributed by atoms with van der Waals surface area (Å²) in [6.07, 6.45) is 2.95. The van der Waals surface area contributed by atoms with Crippen molar-refractivity contribution in [2.45, 2.75) is 6.18 Å². The number of pyridine rings is 1. The minimum atomic E-state index is -4.18. The summed E-state index contributed by atoms with van der Waals surface area (Å²) >= 11 is 0. The normalized spacial score (nSPS) is 11.2. The van der Waals surface area contributed by atoms with E-state index in [9.17, 15) is 13.2 Å². The number of rotatable bonds is 6. The Labute approximate surface area is 180 Å². The lowest BCUT2D eigenvalue weighted by molar-refractivity contribution is -0.118. The number of hydrogen-bond acceptors (Lipinski definition) is 6. The maximum absolute atomic E-state index is 10.7. The van der Waals surface area contributed by atoms with Crippen molar-refractivity contribution in [3.8, 4) is 11.3 Å². The molecule has 0 fully saturated rings. The highest BCUT2D eigenvalue weighted by molar-refractivity contribution is 6.07. The fourth-order valence-electron chi connectivity index (χ4n) is 2.47. The number of nitrogens with two attached hydrogens (primary N) is 1. The maximum atomic E-state index is 10.7. The second-order valence-corrected chi connectivity index (χ2v) is 6.32. The van der Waals surface area contributed by atoms with Gasteiger partial charge in [0.1, 0.15) is 5.65 Å². The molecule has 10 heteroatoms. The van der Waals surface area contributed by atoms with Gasteiger partial charge in [-0.25, -0.2) is 4.98 Å². The SMILES string of the molecule is C=C(/C=C\C(=N)c1ccn2c(-c3cccc(NO)c3)cnc2c1)NC.NCC(F)(F)F.[HH].[HH]. The highest BCUT2D eigenvalue weighted by Crippen LogP contribution is 2.24. The van der Waals surface area contributed by atoms with E-state index in [1.54, 1.807) is 31.5 Å². The molecule has 3 rings (SSSR count). The Morgan fingerprint density at radius 2 is 2.03 bits per heavy atom. The van der Waals surface area contributed by atoms with E-state index in [2.05, 4.69) is 28.1 Å². The minimum Gasteiger partial charge on any atom is -0.389 e. The van der Waals surface area contributed by atoms with Crippen LogP contribution < -0.4 is 16.5 Å². The lowest BCUT2D eigenvalue weighted by atomic mass is 10.1. The molecule has 7 nitrogen and oxygen atoms in total. The number of allylic oxidation sites excluding steroid dienone is 2. The molecule has 2 heterocycles. The van der Waals surface area contributed by atoms with E-state index >= 15 is 0 Å². The van der Waals surface area contributed by atoms with Gasteiger partial charge in [-0.3, -0.25) is 15.1 Å². The Balaban J connectivity index is 0.00000114. The van der Waals surface area contributed by atoms with Crippen LogP contribution in [0.4, 0.5) is 18.9 Å². The maximum Gasteiger partial charge on any atom is 0.400 e. The molecule has 3 aromatic rings. The first kappa shape index (κ1) is 23.6. The molecule has 0 saturated carbocycles. The molecule has 0 amide bonds. The smallest absolute Gasteiger partial charge is 0.389 e. The van der Waals surface area contributed by atoms with Crippen molar-refractivity contribution in [2.75, 3.05) is 19.1 Å². The molecule has 0 radical (unpaired) electrons. The number of nitrogens with one attached hydrogen (secondary N) is 3. The van der Waals surface area contributed by atoms with Gasteiger partial charge in [0, 0.05) is 32.9 Å². The molecule has 0 saturated heterocycles. The molecule has 168 valence electrons. The van der Waals surface area contributed by atoms with Crippen LogP contribution in [-0.4, -0.2) is 40.1 Å². The average Bonchev–Trinajstić information content (AvgIpc) is 3.20. The summed E-state index contributed by atoms with van der Waals surface area (Å²) < 4.78 is 33.9. The van der Waals surface area contributed by atoms with Crippen LogP contribution >= 0.6 is 0 Å². The zero-order valence-electron chi connectivity index (χ0n) is 16.7. The number of aromatic nitrogens is 2. The first-order chi connectivity index (χ1) is 14.7. The van der Waals surface area contributed by atoms with Gasteiger partial charge >= 0.3 is 6.18 Å². The molecule has 0 aliphatic carbocycles. The molecule has 0 spiro atoms. The van der Waals surface area contributed by atoms with Crippen LogP contribution in [-0.2, 0) is 0 Å². The monoisotopic (exact) mass is 436 g/mol. The highest BCUT2D eigenvalue weighted by atomic mass is 19.4. The number of likely N-dealkylation sites (N-methyl/N-ethyl adjacent to an activating group) is 1. The Morgan fingerprint density at radius 1 is 1.32 bits per heavy atom. The summed E-state index contributed by atoms with van der Waals surface area (Å²) in [5, 5.41) is 20.1. The predicted octanol–water partition coefficient (Wildman–Crippen LogP) is 4.46. The summed E-state index contributed by atoms with van der Waals surface area (Å²) in [6, 6.07) is 11.2. The van der Waals surface area contributed by atoms with Crippen molar-refractivity contribution >= 4 is 17.0 Å². The second kappa shape index (κ2) is 10.4. The van der Waals surface area contributed by atoms with Crippen LogP contribution in [0.5, 0.6) is 0 Å². The van der Waals surface area contributed by atoms with Crippen molar-refractivity contribution < 1.29 is 21.2 Å². The topological polar surface area (TPSA) is 111 Å². The van der Waals surface area contributed by atoms with Gasteiger partial charge in [-0.15, -0.1) is 0 Å². The van der Waals surface area contributed by atoms with E-state index < -0.39 is 12.7 Å². The number of hydrogen-bond donors (Lipinski definition) is 5. The first-order valence-electron chi connectivity index (χ1n) is 9.06. The number of anilines is 1. The summed E-state index contributed by atoms with van der Waals surface area (Å²) in [6.45, 7) is 2.58. The minimum absolute atomic E-state index is 0. The second-order valence-electron chi connectivity index (χ2n) is 6.32. The number of halogens is 3. The predicted molar refractivity (Wildman–Crippen MR) is 120 cm³/mol. The lowest BCUT2D eigenvalue weighted by Gasteiger charge is -2.06. The van der Waals surface area contributed by atoms with Crippen molar-refractivity contribution in [3.05, 3.63) is 78.8 Å². The third kappa shape index (κ3) is 6.69. The van der Waals surface area contributed by atoms with Crippen LogP contribution in [0.1, 0.15) is 8.42 Å². The van der Waals surface area contributed by atoms with Gasteiger partial charge in [-0.1, -0.05) is 18.7 Å². The highest BCUT2D eigenvalue weighted by Gasteiger charge is 2.23. The van der Waals surface area contributed by atoms with Gasteiger partial charge < -0.3 is 16.5 Å². The van der Waals surface area contributed by atoms with Crippen molar-refractivity contribution in [1.29, 1.82) is 5.41 Å². The van der Waals surface area contributed by atoms with Gasteiger partial charge in [0.15, 0.2) is 0 Å². The third-order valence-electron chi connectivity index (χ3n) is 4.12. The van der Waals surface area contributed by atoms with Crippen LogP contribution in [0, 0.1) is 5.41 Å². The van der Waals surface area contributed by atoms with Gasteiger partial charge in [0.2, 0.25) is 0 Å². The Bertz CT molecular complexity index is 1100. The van der Waals surface area contributed by atoms with Crippen LogP contribution in [0.3, 0.4) is 0 Å². The average molecular weight is 436 g/mol. The molecule has 31 heavy (non-hydrogen) atoms. The molecule has 6 N–H and O–H groups in total. The molecular formula is C21H27F3N6O. The van der Waals surface area contributed by atoms with Crippen molar-refractivity contribution in [3.63, 3.8) is 0 Å². The van der Waals surface area contributed by atoms with Gasteiger partial charge in [-0.05, 0) is 36.4 Å². The largest absolute Gasteiger partial charge is 0.400 e. The number of benzene rings is 1. The first-order valence-corrected chi connectivity index (χ1v) is 9.06. The Kier molecular flexibility index (Phi) is 7.94. The summed E-state index contributed by atoms with van der Waals surface area (Å²) in [5.41, 5.74) is 11.4. The molecule has 0 unspecified atom stereocenters. The molecule has 0 bridgehead atoms. The van der Waals surface area contributed by atoms with E-state index in [1.807, 2.05) is 40.9 Å². The van der Waals surface area contributed by atoms with E-state index in [4.69, 9.17) is 10.6 Å². The van der Waals surface area contributed by atoms with E-state index in [0.717, 1.165) is 28.2 Å².